The number of aryl methyl sites for hydroxylation is 1. The lowest BCUT2D eigenvalue weighted by atomic mass is 10.0. The summed E-state index contributed by atoms with van der Waals surface area (Å²) in [4.78, 5) is 21.1. The maximum atomic E-state index is 12.5. The summed E-state index contributed by atoms with van der Waals surface area (Å²) >= 11 is 0. The summed E-state index contributed by atoms with van der Waals surface area (Å²) in [6, 6.07) is 17.6. The van der Waals surface area contributed by atoms with Gasteiger partial charge in [-0.3, -0.25) is 14.8 Å². The van der Waals surface area contributed by atoms with Crippen LogP contribution in [0.3, 0.4) is 0 Å². The van der Waals surface area contributed by atoms with Crippen molar-refractivity contribution in [2.75, 3.05) is 5.32 Å². The second-order valence-electron chi connectivity index (χ2n) is 5.69. The highest BCUT2D eigenvalue weighted by atomic mass is 16.1. The molecule has 0 fully saturated rings. The van der Waals surface area contributed by atoms with Gasteiger partial charge in [0.15, 0.2) is 0 Å². The Kier molecular flexibility index (Phi) is 3.43. The smallest absolute Gasteiger partial charge is 0.257 e. The van der Waals surface area contributed by atoms with Gasteiger partial charge in [-0.25, -0.2) is 0 Å². The number of anilines is 1. The van der Waals surface area contributed by atoms with Crippen LogP contribution in [0, 0.1) is 6.92 Å². The molecule has 0 saturated heterocycles. The number of pyridine rings is 2. The van der Waals surface area contributed by atoms with Gasteiger partial charge in [0, 0.05) is 28.9 Å². The lowest BCUT2D eigenvalue weighted by Crippen LogP contribution is -2.12. The molecule has 116 valence electrons. The summed E-state index contributed by atoms with van der Waals surface area (Å²) < 4.78 is 0. The number of amides is 1. The number of carbonyl (C=O) groups excluding carboxylic acids is 1. The van der Waals surface area contributed by atoms with E-state index in [9.17, 15) is 4.79 Å². The van der Waals surface area contributed by atoms with Crippen molar-refractivity contribution in [1.29, 1.82) is 0 Å². The molecule has 0 radical (unpaired) electrons. The Morgan fingerprint density at radius 1 is 1.00 bits per heavy atom. The van der Waals surface area contributed by atoms with Gasteiger partial charge in [0.2, 0.25) is 0 Å². The van der Waals surface area contributed by atoms with Crippen molar-refractivity contribution in [2.24, 2.45) is 0 Å². The first-order chi connectivity index (χ1) is 11.7. The molecule has 0 unspecified atom stereocenters. The van der Waals surface area contributed by atoms with Crippen LogP contribution in [0.25, 0.3) is 21.7 Å². The normalized spacial score (nSPS) is 10.9. The van der Waals surface area contributed by atoms with Crippen LogP contribution in [-0.4, -0.2) is 15.9 Å². The molecular weight excluding hydrogens is 298 g/mol. The lowest BCUT2D eigenvalue weighted by Gasteiger charge is -2.11. The van der Waals surface area contributed by atoms with Crippen LogP contribution in [0.2, 0.25) is 0 Å². The number of nitrogens with zero attached hydrogens (tertiary/aromatic N) is 2. The Morgan fingerprint density at radius 3 is 2.71 bits per heavy atom. The maximum absolute atomic E-state index is 12.5. The number of carbonyl (C=O) groups is 1. The Morgan fingerprint density at radius 2 is 1.88 bits per heavy atom. The van der Waals surface area contributed by atoms with Gasteiger partial charge in [0.1, 0.15) is 0 Å². The Bertz CT molecular complexity index is 1060. The molecule has 4 rings (SSSR count). The molecule has 2 aromatic heterocycles. The number of fused-ring (bicyclic) bond motifs is 3. The van der Waals surface area contributed by atoms with E-state index in [2.05, 4.69) is 33.5 Å². The highest BCUT2D eigenvalue weighted by Gasteiger charge is 2.11. The molecule has 24 heavy (non-hydrogen) atoms. The number of nitrogens with one attached hydrogen (secondary N) is 1. The minimum atomic E-state index is -0.178. The molecule has 4 aromatic rings. The van der Waals surface area contributed by atoms with Crippen molar-refractivity contribution < 1.29 is 4.79 Å². The minimum Gasteiger partial charge on any atom is -0.321 e. The molecular formula is C20H15N3O. The average molecular weight is 313 g/mol. The zero-order valence-electron chi connectivity index (χ0n) is 13.2. The van der Waals surface area contributed by atoms with E-state index in [0.29, 0.717) is 5.56 Å². The number of benzene rings is 2. The molecule has 0 spiro atoms. The third-order valence-corrected chi connectivity index (χ3v) is 4.00. The molecule has 1 amide bonds. The van der Waals surface area contributed by atoms with Crippen molar-refractivity contribution in [1.82, 2.24) is 9.97 Å². The van der Waals surface area contributed by atoms with Crippen LogP contribution in [0.4, 0.5) is 5.69 Å². The molecule has 0 saturated carbocycles. The zero-order valence-corrected chi connectivity index (χ0v) is 13.2. The first-order valence-electron chi connectivity index (χ1n) is 7.73. The van der Waals surface area contributed by atoms with E-state index < -0.39 is 0 Å². The molecule has 1 N–H and O–H groups in total. The lowest BCUT2D eigenvalue weighted by molar-refractivity contribution is 0.102. The highest BCUT2D eigenvalue weighted by molar-refractivity contribution is 6.13. The van der Waals surface area contributed by atoms with Gasteiger partial charge < -0.3 is 5.32 Å². The Labute approximate surface area is 139 Å². The fourth-order valence-corrected chi connectivity index (χ4v) is 2.88. The summed E-state index contributed by atoms with van der Waals surface area (Å²) in [6.07, 6.45) is 3.20. The van der Waals surface area contributed by atoms with E-state index in [1.54, 1.807) is 24.5 Å². The fraction of sp³-hybridized carbons (Fsp3) is 0.0500. The minimum absolute atomic E-state index is 0.178. The maximum Gasteiger partial charge on any atom is 0.257 e. The first kappa shape index (κ1) is 14.3. The summed E-state index contributed by atoms with van der Waals surface area (Å²) in [6.45, 7) is 1.93. The van der Waals surface area contributed by atoms with Crippen molar-refractivity contribution in [3.05, 3.63) is 78.2 Å². The quantitative estimate of drug-likeness (QED) is 0.560. The number of hydrogen-bond acceptors (Lipinski definition) is 3. The molecule has 2 heterocycles. The van der Waals surface area contributed by atoms with E-state index in [0.717, 1.165) is 33.1 Å². The van der Waals surface area contributed by atoms with Crippen molar-refractivity contribution in [3.63, 3.8) is 0 Å². The molecule has 0 atom stereocenters. The molecule has 0 aliphatic rings. The Hall–Kier alpha value is -3.27. The van der Waals surface area contributed by atoms with Gasteiger partial charge >= 0.3 is 0 Å². The van der Waals surface area contributed by atoms with Gasteiger partial charge in [0.05, 0.1) is 16.8 Å². The van der Waals surface area contributed by atoms with Crippen molar-refractivity contribution in [3.8, 4) is 0 Å². The summed E-state index contributed by atoms with van der Waals surface area (Å²) in [5.41, 5.74) is 3.05. The standard InChI is InChI=1S/C20H15N3O/c1-13-11-18(23-20(24)15-6-4-10-21-12-15)17-9-8-14-5-2-3-7-16(14)19(17)22-13/h2-12H,1H3,(H,22,23,24). The average Bonchev–Trinajstić information content (AvgIpc) is 2.62. The van der Waals surface area contributed by atoms with Crippen LogP contribution < -0.4 is 5.32 Å². The van der Waals surface area contributed by atoms with Crippen LogP contribution in [-0.2, 0) is 0 Å². The number of rotatable bonds is 2. The van der Waals surface area contributed by atoms with Crippen LogP contribution in [0.5, 0.6) is 0 Å². The van der Waals surface area contributed by atoms with E-state index in [1.807, 2.05) is 31.2 Å². The van der Waals surface area contributed by atoms with Crippen LogP contribution in [0.15, 0.2) is 67.0 Å². The SMILES string of the molecule is Cc1cc(NC(=O)c2cccnc2)c2ccc3ccccc3c2n1. The highest BCUT2D eigenvalue weighted by Crippen LogP contribution is 2.29. The first-order valence-corrected chi connectivity index (χ1v) is 7.73. The third kappa shape index (κ3) is 2.48. The second-order valence-corrected chi connectivity index (χ2v) is 5.69. The molecule has 4 nitrogen and oxygen atoms in total. The number of aromatic nitrogens is 2. The number of hydrogen-bond donors (Lipinski definition) is 1. The van der Waals surface area contributed by atoms with E-state index in [4.69, 9.17) is 0 Å². The van der Waals surface area contributed by atoms with Gasteiger partial charge in [-0.2, -0.15) is 0 Å². The Balaban J connectivity index is 1.86. The van der Waals surface area contributed by atoms with Gasteiger partial charge in [0.25, 0.3) is 5.91 Å². The van der Waals surface area contributed by atoms with Gasteiger partial charge in [-0.1, -0.05) is 36.4 Å². The van der Waals surface area contributed by atoms with Gasteiger partial charge in [-0.05, 0) is 30.5 Å². The third-order valence-electron chi connectivity index (χ3n) is 4.00. The summed E-state index contributed by atoms with van der Waals surface area (Å²) in [5.74, 6) is -0.178. The van der Waals surface area contributed by atoms with Crippen LogP contribution >= 0.6 is 0 Å². The topological polar surface area (TPSA) is 54.9 Å². The summed E-state index contributed by atoms with van der Waals surface area (Å²) in [5, 5.41) is 6.13. The molecule has 0 aliphatic heterocycles. The monoisotopic (exact) mass is 313 g/mol. The fourth-order valence-electron chi connectivity index (χ4n) is 2.88. The van der Waals surface area contributed by atoms with Crippen molar-refractivity contribution in [2.45, 2.75) is 6.92 Å². The predicted molar refractivity (Wildman–Crippen MR) is 96.2 cm³/mol. The molecule has 4 heteroatoms. The van der Waals surface area contributed by atoms with Crippen molar-refractivity contribution >= 4 is 33.3 Å². The van der Waals surface area contributed by atoms with Crippen LogP contribution in [0.1, 0.15) is 16.1 Å². The van der Waals surface area contributed by atoms with Gasteiger partial charge in [-0.15, -0.1) is 0 Å². The molecule has 0 bridgehead atoms. The molecule has 0 aliphatic carbocycles. The summed E-state index contributed by atoms with van der Waals surface area (Å²) in [7, 11) is 0. The predicted octanol–water partition coefficient (Wildman–Crippen LogP) is 4.34. The largest absolute Gasteiger partial charge is 0.321 e. The van der Waals surface area contributed by atoms with E-state index in [1.165, 1.54) is 0 Å². The van der Waals surface area contributed by atoms with E-state index in [-0.39, 0.29) is 5.91 Å². The molecule has 2 aromatic carbocycles. The zero-order chi connectivity index (χ0) is 16.5. The van der Waals surface area contributed by atoms with E-state index >= 15 is 0 Å². The second kappa shape index (κ2) is 5.74.